The number of aliphatic hydroxyl groups is 2. The number of fused-ring (bicyclic) bond motifs is 5. The van der Waals surface area contributed by atoms with E-state index in [-0.39, 0.29) is 18.6 Å². The summed E-state index contributed by atoms with van der Waals surface area (Å²) in [5, 5.41) is 22.3. The largest absolute Gasteiger partial charge is 0.469 e. The molecule has 8 atom stereocenters. The van der Waals surface area contributed by atoms with E-state index in [0.717, 1.165) is 0 Å². The van der Waals surface area contributed by atoms with Gasteiger partial charge in [-0.1, -0.05) is 25.5 Å². The van der Waals surface area contributed by atoms with Crippen LogP contribution in [0.25, 0.3) is 0 Å². The standard InChI is InChI=1S/C22H30FO8P/c1-12-8-16-15-5-4-13-9-14(24)6-7-20(13,3)22(15,23)17(25)10-19(16,2)18(26)21(12,27)11-31-32(28,29)30/h6-7,9,12,15-17,25,27H,4-5,8,10-11H2,1-3H3,(H2,28,29,30)/t12-,15+,16+,17+,19+,20+,21?,22+/m1/s1. The minimum absolute atomic E-state index is 0.216. The van der Waals surface area contributed by atoms with Gasteiger partial charge in [0.2, 0.25) is 0 Å². The van der Waals surface area contributed by atoms with Gasteiger partial charge in [0.1, 0.15) is 5.60 Å². The van der Waals surface area contributed by atoms with Gasteiger partial charge in [-0.05, 0) is 56.6 Å². The van der Waals surface area contributed by atoms with E-state index in [9.17, 15) is 24.4 Å². The number of hydrogen-bond acceptors (Lipinski definition) is 6. The van der Waals surface area contributed by atoms with Crippen LogP contribution in [0.1, 0.15) is 46.5 Å². The van der Waals surface area contributed by atoms with Crippen LogP contribution in [0.15, 0.2) is 23.8 Å². The Labute approximate surface area is 185 Å². The molecule has 0 aliphatic heterocycles. The maximum absolute atomic E-state index is 17.0. The first-order valence-electron chi connectivity index (χ1n) is 10.9. The van der Waals surface area contributed by atoms with Crippen LogP contribution in [0.2, 0.25) is 0 Å². The number of allylic oxidation sites excluding steroid dienone is 4. The summed E-state index contributed by atoms with van der Waals surface area (Å²) in [6.45, 7) is 3.97. The van der Waals surface area contributed by atoms with Crippen LogP contribution in [0.5, 0.6) is 0 Å². The Hall–Kier alpha value is -1.22. The number of Topliss-reactive ketones (excluding diaryl/α,β-unsaturated/α-hetero) is 1. The van der Waals surface area contributed by atoms with Gasteiger partial charge in [-0.25, -0.2) is 8.96 Å². The Kier molecular flexibility index (Phi) is 5.34. The lowest BCUT2D eigenvalue weighted by Gasteiger charge is -2.64. The van der Waals surface area contributed by atoms with E-state index in [1.54, 1.807) is 20.8 Å². The molecule has 3 fully saturated rings. The smallest absolute Gasteiger partial charge is 0.390 e. The van der Waals surface area contributed by atoms with E-state index in [1.165, 1.54) is 18.2 Å². The Morgan fingerprint density at radius 3 is 2.53 bits per heavy atom. The predicted molar refractivity (Wildman–Crippen MR) is 111 cm³/mol. The van der Waals surface area contributed by atoms with Gasteiger partial charge in [0, 0.05) is 16.7 Å². The minimum atomic E-state index is -4.93. The van der Waals surface area contributed by atoms with Gasteiger partial charge in [0.05, 0.1) is 12.7 Å². The lowest BCUT2D eigenvalue weighted by Crippen LogP contribution is -2.72. The van der Waals surface area contributed by atoms with Gasteiger partial charge in [0.15, 0.2) is 17.2 Å². The molecule has 0 spiro atoms. The molecule has 0 aromatic rings. The summed E-state index contributed by atoms with van der Waals surface area (Å²) in [5.41, 5.74) is -6.12. The molecule has 32 heavy (non-hydrogen) atoms. The van der Waals surface area contributed by atoms with Gasteiger partial charge in [-0.15, -0.1) is 0 Å². The molecule has 0 saturated heterocycles. The van der Waals surface area contributed by atoms with Gasteiger partial charge in [-0.2, -0.15) is 0 Å². The Morgan fingerprint density at radius 2 is 1.91 bits per heavy atom. The van der Waals surface area contributed by atoms with Crippen molar-refractivity contribution in [3.8, 4) is 0 Å². The SMILES string of the molecule is C[C@@H]1C[C@H]2[C@@H]3CCC4=CC(=O)C=C[C@]4(C)[C@@]3(F)[C@@H](O)C[C@]2(C)C(=O)C1(O)COP(=O)(O)O. The highest BCUT2D eigenvalue weighted by atomic mass is 31.2. The number of hydrogen-bond donors (Lipinski definition) is 4. The molecule has 8 nitrogen and oxygen atoms in total. The van der Waals surface area contributed by atoms with Crippen LogP contribution in [0.3, 0.4) is 0 Å². The van der Waals surface area contributed by atoms with Crippen molar-refractivity contribution in [2.24, 2.45) is 28.6 Å². The van der Waals surface area contributed by atoms with E-state index >= 15 is 4.39 Å². The summed E-state index contributed by atoms with van der Waals surface area (Å²) in [4.78, 5) is 43.6. The number of carbonyl (C=O) groups is 2. The number of phosphoric acid groups is 1. The highest BCUT2D eigenvalue weighted by Crippen LogP contribution is 2.67. The second-order valence-corrected chi connectivity index (χ2v) is 11.7. The predicted octanol–water partition coefficient (Wildman–Crippen LogP) is 2.01. The third-order valence-corrected chi connectivity index (χ3v) is 9.28. The summed E-state index contributed by atoms with van der Waals surface area (Å²) in [6.07, 6.45) is 3.52. The van der Waals surface area contributed by atoms with Crippen molar-refractivity contribution in [3.05, 3.63) is 23.8 Å². The fourth-order valence-corrected chi connectivity index (χ4v) is 7.31. The zero-order valence-electron chi connectivity index (χ0n) is 18.3. The molecule has 0 heterocycles. The molecule has 4 rings (SSSR count). The molecule has 4 aliphatic rings. The molecule has 0 radical (unpaired) electrons. The molecule has 10 heteroatoms. The fraction of sp³-hybridized carbons (Fsp3) is 0.727. The Balaban J connectivity index is 1.74. The first kappa shape index (κ1) is 23.9. The summed E-state index contributed by atoms with van der Waals surface area (Å²) >= 11 is 0. The number of rotatable bonds is 3. The summed E-state index contributed by atoms with van der Waals surface area (Å²) < 4.78 is 32.7. The zero-order valence-corrected chi connectivity index (χ0v) is 19.2. The molecule has 4 N–H and O–H groups in total. The van der Waals surface area contributed by atoms with Crippen LogP contribution in [-0.4, -0.2) is 55.5 Å². The van der Waals surface area contributed by atoms with E-state index in [1.807, 2.05) is 0 Å². The van der Waals surface area contributed by atoms with Gasteiger partial charge < -0.3 is 20.0 Å². The number of alkyl halides is 1. The van der Waals surface area contributed by atoms with E-state index in [2.05, 4.69) is 4.52 Å². The summed E-state index contributed by atoms with van der Waals surface area (Å²) in [7, 11) is -4.93. The monoisotopic (exact) mass is 472 g/mol. The summed E-state index contributed by atoms with van der Waals surface area (Å²) in [5.74, 6) is -2.85. The highest BCUT2D eigenvalue weighted by Gasteiger charge is 2.72. The summed E-state index contributed by atoms with van der Waals surface area (Å²) in [6, 6.07) is 0. The molecule has 3 saturated carbocycles. The van der Waals surface area contributed by atoms with Gasteiger partial charge >= 0.3 is 7.82 Å². The van der Waals surface area contributed by atoms with E-state index in [0.29, 0.717) is 18.4 Å². The van der Waals surface area contributed by atoms with Crippen molar-refractivity contribution in [3.63, 3.8) is 0 Å². The quantitative estimate of drug-likeness (QED) is 0.457. The van der Waals surface area contributed by atoms with Crippen molar-refractivity contribution in [1.29, 1.82) is 0 Å². The van der Waals surface area contributed by atoms with Crippen molar-refractivity contribution in [2.75, 3.05) is 6.61 Å². The maximum Gasteiger partial charge on any atom is 0.469 e. The Morgan fingerprint density at radius 1 is 1.25 bits per heavy atom. The van der Waals surface area contributed by atoms with Crippen LogP contribution >= 0.6 is 7.82 Å². The minimum Gasteiger partial charge on any atom is -0.390 e. The molecule has 0 bridgehead atoms. The maximum atomic E-state index is 17.0. The molecule has 0 aromatic heterocycles. The van der Waals surface area contributed by atoms with Crippen LogP contribution in [0, 0.1) is 28.6 Å². The molecule has 0 amide bonds. The zero-order chi connectivity index (χ0) is 23.9. The van der Waals surface area contributed by atoms with Crippen molar-refractivity contribution < 1.29 is 43.1 Å². The van der Waals surface area contributed by atoms with Crippen LogP contribution in [-0.2, 0) is 18.7 Å². The molecule has 0 aromatic carbocycles. The van der Waals surface area contributed by atoms with Crippen LogP contribution in [0.4, 0.5) is 4.39 Å². The van der Waals surface area contributed by atoms with Crippen molar-refractivity contribution in [1.82, 2.24) is 0 Å². The second-order valence-electron chi connectivity index (χ2n) is 10.4. The molecule has 4 aliphatic carbocycles. The lowest BCUT2D eigenvalue weighted by atomic mass is 9.41. The van der Waals surface area contributed by atoms with Crippen molar-refractivity contribution >= 4 is 19.4 Å². The number of aliphatic hydroxyl groups excluding tert-OH is 1. The van der Waals surface area contributed by atoms with Crippen molar-refractivity contribution in [2.45, 2.75) is 63.8 Å². The Bertz CT molecular complexity index is 973. The average Bonchev–Trinajstić information content (AvgIpc) is 2.69. The number of carbonyl (C=O) groups excluding carboxylic acids is 2. The third kappa shape index (κ3) is 3.09. The molecular formula is C22H30FO8P. The fourth-order valence-electron chi connectivity index (χ4n) is 6.94. The van der Waals surface area contributed by atoms with E-state index < -0.39 is 66.2 Å². The number of phosphoric ester groups is 1. The number of ketones is 2. The highest BCUT2D eigenvalue weighted by molar-refractivity contribution is 7.46. The molecule has 1 unspecified atom stereocenters. The normalized spacial score (nSPS) is 48.6. The number of halogens is 1. The van der Waals surface area contributed by atoms with Crippen LogP contribution < -0.4 is 0 Å². The van der Waals surface area contributed by atoms with Gasteiger partial charge in [-0.3, -0.25) is 14.1 Å². The average molecular weight is 472 g/mol. The second kappa shape index (κ2) is 7.14. The molecule has 178 valence electrons. The lowest BCUT2D eigenvalue weighted by molar-refractivity contribution is -0.225. The van der Waals surface area contributed by atoms with Gasteiger partial charge in [0.25, 0.3) is 0 Å². The van der Waals surface area contributed by atoms with E-state index in [4.69, 9.17) is 9.79 Å². The first-order valence-corrected chi connectivity index (χ1v) is 12.4. The molecular weight excluding hydrogens is 442 g/mol. The third-order valence-electron chi connectivity index (χ3n) is 8.82. The topological polar surface area (TPSA) is 141 Å². The first-order chi connectivity index (χ1) is 14.6.